The van der Waals surface area contributed by atoms with E-state index in [4.69, 9.17) is 14.6 Å². The van der Waals surface area contributed by atoms with Gasteiger partial charge in [-0.3, -0.25) is 14.4 Å². The van der Waals surface area contributed by atoms with Crippen molar-refractivity contribution >= 4 is 17.7 Å². The minimum absolute atomic E-state index is 0.0530. The predicted molar refractivity (Wildman–Crippen MR) is 89.7 cm³/mol. The molecule has 1 heterocycles. The standard InChI is InChI=1S/C18H23NO6/c1-24-14-5-3-12(4-6-14)16(20)7-8-17(21)19-11-15(25-2)9-13(19)10-18(22)23/h3-6,13,15H,7-11H2,1-2H3,(H,22,23). The summed E-state index contributed by atoms with van der Waals surface area (Å²) in [7, 11) is 3.09. The molecule has 7 nitrogen and oxygen atoms in total. The minimum atomic E-state index is -0.950. The smallest absolute Gasteiger partial charge is 0.305 e. The summed E-state index contributed by atoms with van der Waals surface area (Å²) in [6.07, 6.45) is 0.362. The van der Waals surface area contributed by atoms with Crippen molar-refractivity contribution in [3.05, 3.63) is 29.8 Å². The number of hydrogen-bond acceptors (Lipinski definition) is 5. The Balaban J connectivity index is 1.93. The van der Waals surface area contributed by atoms with E-state index in [1.54, 1.807) is 38.5 Å². The molecule has 1 aliphatic heterocycles. The number of carbonyl (C=O) groups is 3. The van der Waals surface area contributed by atoms with Crippen LogP contribution in [0.15, 0.2) is 24.3 Å². The number of carboxylic acids is 1. The van der Waals surface area contributed by atoms with Crippen molar-refractivity contribution in [3.63, 3.8) is 0 Å². The molecule has 0 spiro atoms. The zero-order valence-corrected chi connectivity index (χ0v) is 14.4. The van der Waals surface area contributed by atoms with Gasteiger partial charge in [0, 0.05) is 38.1 Å². The summed E-state index contributed by atoms with van der Waals surface area (Å²) in [6.45, 7) is 0.365. The van der Waals surface area contributed by atoms with E-state index in [1.165, 1.54) is 4.90 Å². The number of nitrogens with zero attached hydrogens (tertiary/aromatic N) is 1. The molecule has 0 aliphatic carbocycles. The Hall–Kier alpha value is -2.41. The topological polar surface area (TPSA) is 93.1 Å². The largest absolute Gasteiger partial charge is 0.497 e. The van der Waals surface area contributed by atoms with Gasteiger partial charge in [0.25, 0.3) is 0 Å². The highest BCUT2D eigenvalue weighted by Crippen LogP contribution is 2.24. The van der Waals surface area contributed by atoms with E-state index in [0.29, 0.717) is 24.3 Å². The number of rotatable bonds is 8. The second kappa shape index (κ2) is 8.62. The van der Waals surface area contributed by atoms with Gasteiger partial charge < -0.3 is 19.5 Å². The average molecular weight is 349 g/mol. The summed E-state index contributed by atoms with van der Waals surface area (Å²) < 4.78 is 10.3. The average Bonchev–Trinajstić information content (AvgIpc) is 3.01. The molecule has 1 fully saturated rings. The summed E-state index contributed by atoms with van der Waals surface area (Å²) in [5.74, 6) is -0.637. The van der Waals surface area contributed by atoms with Gasteiger partial charge in [-0.15, -0.1) is 0 Å². The second-order valence-corrected chi connectivity index (χ2v) is 6.04. The number of ether oxygens (including phenoxy) is 2. The molecule has 0 saturated carbocycles. The van der Waals surface area contributed by atoms with Gasteiger partial charge in [-0.25, -0.2) is 0 Å². The Morgan fingerprint density at radius 3 is 2.40 bits per heavy atom. The van der Waals surface area contributed by atoms with Crippen LogP contribution in [0.3, 0.4) is 0 Å². The lowest BCUT2D eigenvalue weighted by atomic mass is 10.1. The SMILES string of the molecule is COc1ccc(C(=O)CCC(=O)N2CC(OC)CC2CC(=O)O)cc1. The van der Waals surface area contributed by atoms with Gasteiger partial charge >= 0.3 is 5.97 Å². The number of carbonyl (C=O) groups excluding carboxylic acids is 2. The lowest BCUT2D eigenvalue weighted by Crippen LogP contribution is -2.37. The van der Waals surface area contributed by atoms with Crippen LogP contribution in [0.25, 0.3) is 0 Å². The molecule has 7 heteroatoms. The first kappa shape index (κ1) is 18.9. The van der Waals surface area contributed by atoms with E-state index in [9.17, 15) is 14.4 Å². The van der Waals surface area contributed by atoms with Crippen LogP contribution < -0.4 is 4.74 Å². The van der Waals surface area contributed by atoms with Crippen LogP contribution in [-0.4, -0.2) is 60.6 Å². The molecular weight excluding hydrogens is 326 g/mol. The summed E-state index contributed by atoms with van der Waals surface area (Å²) in [6, 6.07) is 6.33. The van der Waals surface area contributed by atoms with Crippen molar-refractivity contribution < 1.29 is 29.0 Å². The van der Waals surface area contributed by atoms with Gasteiger partial charge in [-0.05, 0) is 30.7 Å². The lowest BCUT2D eigenvalue weighted by molar-refractivity contribution is -0.139. The van der Waals surface area contributed by atoms with Crippen LogP contribution >= 0.6 is 0 Å². The van der Waals surface area contributed by atoms with Crippen molar-refractivity contribution in [2.24, 2.45) is 0 Å². The zero-order valence-electron chi connectivity index (χ0n) is 14.4. The molecule has 0 bridgehead atoms. The number of aliphatic carboxylic acids is 1. The van der Waals surface area contributed by atoms with E-state index in [1.807, 2.05) is 0 Å². The molecule has 136 valence electrons. The highest BCUT2D eigenvalue weighted by atomic mass is 16.5. The van der Waals surface area contributed by atoms with Crippen LogP contribution in [0.2, 0.25) is 0 Å². The zero-order chi connectivity index (χ0) is 18.4. The maximum absolute atomic E-state index is 12.4. The molecule has 1 saturated heterocycles. The van der Waals surface area contributed by atoms with Gasteiger partial charge in [0.05, 0.1) is 19.6 Å². The van der Waals surface area contributed by atoms with Crippen LogP contribution in [0.5, 0.6) is 5.75 Å². The summed E-state index contributed by atoms with van der Waals surface area (Å²) in [5.41, 5.74) is 0.520. The Bertz CT molecular complexity index is 627. The van der Waals surface area contributed by atoms with Crippen molar-refractivity contribution in [2.45, 2.75) is 37.8 Å². The summed E-state index contributed by atoms with van der Waals surface area (Å²) in [5, 5.41) is 9.00. The number of carboxylic acid groups (broad SMARTS) is 1. The molecule has 25 heavy (non-hydrogen) atoms. The first-order valence-electron chi connectivity index (χ1n) is 8.16. The van der Waals surface area contributed by atoms with Gasteiger partial charge in [0.2, 0.25) is 5.91 Å². The van der Waals surface area contributed by atoms with E-state index in [0.717, 1.165) is 0 Å². The number of likely N-dealkylation sites (tertiary alicyclic amines) is 1. The fourth-order valence-electron chi connectivity index (χ4n) is 3.03. The van der Waals surface area contributed by atoms with Crippen molar-refractivity contribution in [1.82, 2.24) is 4.90 Å². The Morgan fingerprint density at radius 2 is 1.84 bits per heavy atom. The molecule has 1 aromatic rings. The van der Waals surface area contributed by atoms with Crippen LogP contribution in [0.1, 0.15) is 36.0 Å². The Labute approximate surface area is 146 Å². The van der Waals surface area contributed by atoms with Gasteiger partial charge in [-0.2, -0.15) is 0 Å². The van der Waals surface area contributed by atoms with Crippen molar-refractivity contribution in [2.75, 3.05) is 20.8 Å². The summed E-state index contributed by atoms with van der Waals surface area (Å²) >= 11 is 0. The molecule has 1 amide bonds. The van der Waals surface area contributed by atoms with Crippen molar-refractivity contribution in [3.8, 4) is 5.75 Å². The Kier molecular flexibility index (Phi) is 6.52. The quantitative estimate of drug-likeness (QED) is 0.719. The van der Waals surface area contributed by atoms with Crippen LogP contribution in [0.4, 0.5) is 0 Å². The normalized spacial score (nSPS) is 19.7. The number of methoxy groups -OCH3 is 2. The van der Waals surface area contributed by atoms with E-state index < -0.39 is 5.97 Å². The van der Waals surface area contributed by atoms with E-state index >= 15 is 0 Å². The summed E-state index contributed by atoms with van der Waals surface area (Å²) in [4.78, 5) is 37.2. The number of hydrogen-bond donors (Lipinski definition) is 1. The number of amides is 1. The van der Waals surface area contributed by atoms with Crippen LogP contribution in [-0.2, 0) is 14.3 Å². The molecule has 2 atom stereocenters. The highest BCUT2D eigenvalue weighted by Gasteiger charge is 2.36. The minimum Gasteiger partial charge on any atom is -0.497 e. The number of ketones is 1. The predicted octanol–water partition coefficient (Wildman–Crippen LogP) is 1.75. The monoisotopic (exact) mass is 349 g/mol. The molecule has 0 radical (unpaired) electrons. The molecule has 2 unspecified atom stereocenters. The third-order valence-electron chi connectivity index (χ3n) is 4.42. The maximum Gasteiger partial charge on any atom is 0.305 e. The Morgan fingerprint density at radius 1 is 1.16 bits per heavy atom. The molecule has 1 aromatic carbocycles. The number of benzene rings is 1. The van der Waals surface area contributed by atoms with E-state index in [-0.39, 0.29) is 43.1 Å². The van der Waals surface area contributed by atoms with Gasteiger partial charge in [0.1, 0.15) is 5.75 Å². The molecule has 0 aromatic heterocycles. The third-order valence-corrected chi connectivity index (χ3v) is 4.42. The lowest BCUT2D eigenvalue weighted by Gasteiger charge is -2.23. The molecule has 1 aliphatic rings. The third kappa shape index (κ3) is 5.03. The molecule has 2 rings (SSSR count). The first-order valence-corrected chi connectivity index (χ1v) is 8.16. The van der Waals surface area contributed by atoms with Gasteiger partial charge in [-0.1, -0.05) is 0 Å². The van der Waals surface area contributed by atoms with Crippen LogP contribution in [0, 0.1) is 0 Å². The maximum atomic E-state index is 12.4. The van der Waals surface area contributed by atoms with Gasteiger partial charge in [0.15, 0.2) is 5.78 Å². The fourth-order valence-corrected chi connectivity index (χ4v) is 3.03. The fraction of sp³-hybridized carbons (Fsp3) is 0.500. The first-order chi connectivity index (χ1) is 11.9. The van der Waals surface area contributed by atoms with E-state index in [2.05, 4.69) is 0 Å². The second-order valence-electron chi connectivity index (χ2n) is 6.04. The highest BCUT2D eigenvalue weighted by molar-refractivity contribution is 5.98. The van der Waals surface area contributed by atoms with Crippen molar-refractivity contribution in [1.29, 1.82) is 0 Å². The molecular formula is C18H23NO6. The molecule has 1 N–H and O–H groups in total. The number of Topliss-reactive ketones (excluding diaryl/α,β-unsaturated/α-hetero) is 1.